The summed E-state index contributed by atoms with van der Waals surface area (Å²) in [5.41, 5.74) is 0.693. The van der Waals surface area contributed by atoms with Gasteiger partial charge in [0.25, 0.3) is 5.91 Å². The molecule has 98 valence electrons. The fourth-order valence-corrected chi connectivity index (χ4v) is 1.44. The lowest BCUT2D eigenvalue weighted by atomic mass is 10.3. The summed E-state index contributed by atoms with van der Waals surface area (Å²) >= 11 is 0. The Bertz CT molecular complexity index is 526. The summed E-state index contributed by atoms with van der Waals surface area (Å²) in [5, 5.41) is 11.5. The van der Waals surface area contributed by atoms with E-state index in [1.807, 2.05) is 18.2 Å². The summed E-state index contributed by atoms with van der Waals surface area (Å²) < 4.78 is 5.31. The molecule has 1 aromatic carbocycles. The van der Waals surface area contributed by atoms with Crippen LogP contribution in [0.15, 0.2) is 48.7 Å². The fourth-order valence-electron chi connectivity index (χ4n) is 1.44. The van der Waals surface area contributed by atoms with E-state index in [0.717, 1.165) is 0 Å². The van der Waals surface area contributed by atoms with Crippen LogP contribution in [0.3, 0.4) is 0 Å². The van der Waals surface area contributed by atoms with Crippen LogP contribution in [0, 0.1) is 0 Å². The Morgan fingerprint density at radius 1 is 1.21 bits per heavy atom. The summed E-state index contributed by atoms with van der Waals surface area (Å²) in [6.45, 7) is -0.147. The van der Waals surface area contributed by atoms with Crippen molar-refractivity contribution in [1.29, 1.82) is 0 Å². The molecule has 5 nitrogen and oxygen atoms in total. The summed E-state index contributed by atoms with van der Waals surface area (Å²) in [6.07, 6.45) is 1.51. The molecule has 0 fully saturated rings. The quantitative estimate of drug-likeness (QED) is 0.854. The highest BCUT2D eigenvalue weighted by atomic mass is 16.5. The van der Waals surface area contributed by atoms with Gasteiger partial charge in [-0.25, -0.2) is 4.98 Å². The molecule has 1 amide bonds. The number of nitrogens with one attached hydrogen (secondary N) is 1. The lowest BCUT2D eigenvalue weighted by Gasteiger charge is -2.07. The number of amides is 1. The van der Waals surface area contributed by atoms with E-state index in [1.165, 1.54) is 6.20 Å². The first-order valence-corrected chi connectivity index (χ1v) is 5.81. The SMILES string of the molecule is O=C(COc1ccccc1)Nc1ccc(CO)cn1. The van der Waals surface area contributed by atoms with Gasteiger partial charge in [0.05, 0.1) is 6.61 Å². The van der Waals surface area contributed by atoms with Crippen LogP contribution in [0.2, 0.25) is 0 Å². The van der Waals surface area contributed by atoms with Crippen LogP contribution >= 0.6 is 0 Å². The predicted molar refractivity (Wildman–Crippen MR) is 70.7 cm³/mol. The highest BCUT2D eigenvalue weighted by Crippen LogP contribution is 2.08. The number of aromatic nitrogens is 1. The molecule has 2 aromatic rings. The minimum Gasteiger partial charge on any atom is -0.484 e. The van der Waals surface area contributed by atoms with Gasteiger partial charge in [0.15, 0.2) is 6.61 Å². The number of carbonyl (C=O) groups excluding carboxylic acids is 1. The second-order valence-electron chi connectivity index (χ2n) is 3.86. The number of carbonyl (C=O) groups is 1. The molecule has 0 spiro atoms. The molecule has 2 N–H and O–H groups in total. The van der Waals surface area contributed by atoms with Crippen molar-refractivity contribution in [1.82, 2.24) is 4.98 Å². The van der Waals surface area contributed by atoms with Gasteiger partial charge in [-0.1, -0.05) is 24.3 Å². The standard InChI is InChI=1S/C14H14N2O3/c17-9-11-6-7-13(15-8-11)16-14(18)10-19-12-4-2-1-3-5-12/h1-8,17H,9-10H2,(H,15,16,18). The Balaban J connectivity index is 1.83. The maximum Gasteiger partial charge on any atom is 0.263 e. The van der Waals surface area contributed by atoms with Crippen molar-refractivity contribution in [2.24, 2.45) is 0 Å². The number of benzene rings is 1. The molecule has 0 aliphatic carbocycles. The van der Waals surface area contributed by atoms with Gasteiger partial charge in [0.1, 0.15) is 11.6 Å². The maximum atomic E-state index is 11.6. The van der Waals surface area contributed by atoms with Crippen molar-refractivity contribution in [3.63, 3.8) is 0 Å². The lowest BCUT2D eigenvalue weighted by molar-refractivity contribution is -0.118. The fraction of sp³-hybridized carbons (Fsp3) is 0.143. The van der Waals surface area contributed by atoms with E-state index in [1.54, 1.807) is 24.3 Å². The number of ether oxygens (including phenoxy) is 1. The zero-order valence-electron chi connectivity index (χ0n) is 10.2. The second kappa shape index (κ2) is 6.51. The van der Waals surface area contributed by atoms with Crippen LogP contribution in [-0.4, -0.2) is 22.6 Å². The second-order valence-corrected chi connectivity index (χ2v) is 3.86. The molecule has 0 atom stereocenters. The number of para-hydroxylation sites is 1. The van der Waals surface area contributed by atoms with Gasteiger partial charge in [-0.05, 0) is 23.8 Å². The Hall–Kier alpha value is -2.40. The summed E-state index contributed by atoms with van der Waals surface area (Å²) in [7, 11) is 0. The van der Waals surface area contributed by atoms with Gasteiger partial charge in [-0.15, -0.1) is 0 Å². The Labute approximate surface area is 110 Å². The molecule has 0 aliphatic heterocycles. The number of rotatable bonds is 5. The third-order valence-corrected chi connectivity index (χ3v) is 2.39. The van der Waals surface area contributed by atoms with Crippen LogP contribution in [0.4, 0.5) is 5.82 Å². The number of aliphatic hydroxyl groups excluding tert-OH is 1. The Morgan fingerprint density at radius 3 is 2.63 bits per heavy atom. The first kappa shape index (κ1) is 13.0. The minimum atomic E-state index is -0.284. The maximum absolute atomic E-state index is 11.6. The van der Waals surface area contributed by atoms with Gasteiger partial charge in [-0.3, -0.25) is 4.79 Å². The first-order valence-electron chi connectivity index (χ1n) is 5.81. The van der Waals surface area contributed by atoms with E-state index in [0.29, 0.717) is 17.1 Å². The predicted octanol–water partition coefficient (Wildman–Crippen LogP) is 1.59. The van der Waals surface area contributed by atoms with Crippen molar-refractivity contribution >= 4 is 11.7 Å². The number of pyridine rings is 1. The molecule has 5 heteroatoms. The number of hydrogen-bond donors (Lipinski definition) is 2. The van der Waals surface area contributed by atoms with Crippen LogP contribution < -0.4 is 10.1 Å². The smallest absolute Gasteiger partial charge is 0.263 e. The van der Waals surface area contributed by atoms with Gasteiger partial charge < -0.3 is 15.2 Å². The highest BCUT2D eigenvalue weighted by Gasteiger charge is 2.04. The monoisotopic (exact) mass is 258 g/mol. The average molecular weight is 258 g/mol. The van der Waals surface area contributed by atoms with E-state index >= 15 is 0 Å². The Kier molecular flexibility index (Phi) is 4.47. The van der Waals surface area contributed by atoms with Crippen LogP contribution in [0.5, 0.6) is 5.75 Å². The molecule has 2 rings (SSSR count). The first-order chi connectivity index (χ1) is 9.28. The molecular weight excluding hydrogens is 244 g/mol. The van der Waals surface area contributed by atoms with Gasteiger partial charge in [0.2, 0.25) is 0 Å². The summed E-state index contributed by atoms with van der Waals surface area (Å²) in [4.78, 5) is 15.6. The molecule has 1 heterocycles. The lowest BCUT2D eigenvalue weighted by Crippen LogP contribution is -2.20. The van der Waals surface area contributed by atoms with E-state index in [-0.39, 0.29) is 19.1 Å². The van der Waals surface area contributed by atoms with Crippen LogP contribution in [-0.2, 0) is 11.4 Å². The third-order valence-electron chi connectivity index (χ3n) is 2.39. The van der Waals surface area contributed by atoms with Crippen molar-refractivity contribution in [3.05, 3.63) is 54.2 Å². The molecule has 0 radical (unpaired) electrons. The van der Waals surface area contributed by atoms with Gasteiger partial charge >= 0.3 is 0 Å². The van der Waals surface area contributed by atoms with Gasteiger partial charge in [-0.2, -0.15) is 0 Å². The van der Waals surface area contributed by atoms with Crippen molar-refractivity contribution in [3.8, 4) is 5.75 Å². The largest absolute Gasteiger partial charge is 0.484 e. The molecule has 1 aromatic heterocycles. The highest BCUT2D eigenvalue weighted by molar-refractivity contribution is 5.90. The van der Waals surface area contributed by atoms with Crippen LogP contribution in [0.25, 0.3) is 0 Å². The molecule has 0 saturated carbocycles. The van der Waals surface area contributed by atoms with E-state index in [9.17, 15) is 4.79 Å². The van der Waals surface area contributed by atoms with E-state index < -0.39 is 0 Å². The molecule has 0 unspecified atom stereocenters. The summed E-state index contributed by atoms with van der Waals surface area (Å²) in [5.74, 6) is 0.785. The van der Waals surface area contributed by atoms with E-state index in [2.05, 4.69) is 10.3 Å². The number of nitrogens with zero attached hydrogens (tertiary/aromatic N) is 1. The molecule has 0 bridgehead atoms. The number of anilines is 1. The zero-order valence-corrected chi connectivity index (χ0v) is 10.2. The topological polar surface area (TPSA) is 71.5 Å². The van der Waals surface area contributed by atoms with E-state index in [4.69, 9.17) is 9.84 Å². The molecule has 19 heavy (non-hydrogen) atoms. The number of aliphatic hydroxyl groups is 1. The van der Waals surface area contributed by atoms with Crippen LogP contribution in [0.1, 0.15) is 5.56 Å². The van der Waals surface area contributed by atoms with Crippen molar-refractivity contribution < 1.29 is 14.6 Å². The summed E-state index contributed by atoms with van der Waals surface area (Å²) in [6, 6.07) is 12.4. The zero-order chi connectivity index (χ0) is 13.5. The molecular formula is C14H14N2O3. The minimum absolute atomic E-state index is 0.0711. The third kappa shape index (κ3) is 4.08. The molecule has 0 aliphatic rings. The number of hydrogen-bond acceptors (Lipinski definition) is 4. The average Bonchev–Trinajstić information content (AvgIpc) is 2.47. The Morgan fingerprint density at radius 2 is 2.00 bits per heavy atom. The molecule has 0 saturated heterocycles. The van der Waals surface area contributed by atoms with Crippen molar-refractivity contribution in [2.75, 3.05) is 11.9 Å². The normalized spacial score (nSPS) is 9.95. The van der Waals surface area contributed by atoms with Crippen molar-refractivity contribution in [2.45, 2.75) is 6.61 Å². The van der Waals surface area contributed by atoms with Gasteiger partial charge in [0, 0.05) is 6.20 Å².